The minimum absolute atomic E-state index is 0.000690. The topological polar surface area (TPSA) is 64.3 Å². The van der Waals surface area contributed by atoms with E-state index in [-0.39, 0.29) is 12.5 Å². The van der Waals surface area contributed by atoms with Crippen molar-refractivity contribution in [3.63, 3.8) is 0 Å². The summed E-state index contributed by atoms with van der Waals surface area (Å²) < 4.78 is 5.47. The first-order valence-corrected chi connectivity index (χ1v) is 6.82. The summed E-state index contributed by atoms with van der Waals surface area (Å²) in [6, 6.07) is 0. The average Bonchev–Trinajstić information content (AvgIpc) is 2.77. The van der Waals surface area contributed by atoms with Crippen molar-refractivity contribution in [2.75, 3.05) is 26.3 Å². The number of nitrogens with one attached hydrogen (secondary N) is 1. The first kappa shape index (κ1) is 14.5. The van der Waals surface area contributed by atoms with E-state index in [4.69, 9.17) is 10.5 Å². The molecule has 1 amide bonds. The highest BCUT2D eigenvalue weighted by molar-refractivity contribution is 5.77. The van der Waals surface area contributed by atoms with Crippen LogP contribution in [0.3, 0.4) is 0 Å². The second kappa shape index (κ2) is 8.48. The van der Waals surface area contributed by atoms with Crippen molar-refractivity contribution in [2.24, 2.45) is 17.6 Å². The molecule has 0 spiro atoms. The number of nitrogens with two attached hydrogens (primary N) is 1. The highest BCUT2D eigenvalue weighted by Crippen LogP contribution is 2.30. The lowest BCUT2D eigenvalue weighted by Gasteiger charge is -2.17. The zero-order valence-corrected chi connectivity index (χ0v) is 10.9. The van der Waals surface area contributed by atoms with E-state index in [1.807, 2.05) is 0 Å². The van der Waals surface area contributed by atoms with E-state index in [9.17, 15) is 4.79 Å². The molecule has 2 atom stereocenters. The molecule has 3 N–H and O–H groups in total. The molecule has 0 bridgehead atoms. The van der Waals surface area contributed by atoms with Crippen molar-refractivity contribution >= 4 is 5.91 Å². The van der Waals surface area contributed by atoms with E-state index in [1.165, 1.54) is 19.3 Å². The summed E-state index contributed by atoms with van der Waals surface area (Å²) in [5.41, 5.74) is 5.70. The highest BCUT2D eigenvalue weighted by atomic mass is 16.5. The van der Waals surface area contributed by atoms with Crippen LogP contribution in [0.2, 0.25) is 0 Å². The van der Waals surface area contributed by atoms with Crippen LogP contribution in [-0.2, 0) is 9.53 Å². The average molecular weight is 242 g/mol. The largest absolute Gasteiger partial charge is 0.371 e. The molecule has 0 heterocycles. The standard InChI is InChI=1S/C13H26N2O2/c1-2-3-7-15-13(16)10-17-9-12-6-4-5-11(12)8-14/h11-12H,2-10,14H2,1H3,(H,15,16). The lowest BCUT2D eigenvalue weighted by molar-refractivity contribution is -0.126. The zero-order chi connectivity index (χ0) is 12.5. The number of carbonyl (C=O) groups excluding carboxylic acids is 1. The molecule has 1 aliphatic carbocycles. The monoisotopic (exact) mass is 242 g/mol. The molecule has 4 heteroatoms. The van der Waals surface area contributed by atoms with Crippen LogP contribution in [0.5, 0.6) is 0 Å². The molecule has 0 saturated heterocycles. The van der Waals surface area contributed by atoms with Crippen LogP contribution in [0.4, 0.5) is 0 Å². The van der Waals surface area contributed by atoms with Crippen molar-refractivity contribution in [3.8, 4) is 0 Å². The van der Waals surface area contributed by atoms with E-state index in [2.05, 4.69) is 12.2 Å². The molecule has 0 aromatic rings. The summed E-state index contributed by atoms with van der Waals surface area (Å²) in [7, 11) is 0. The van der Waals surface area contributed by atoms with Gasteiger partial charge in [0.2, 0.25) is 5.91 Å². The van der Waals surface area contributed by atoms with Gasteiger partial charge in [-0.05, 0) is 37.6 Å². The maximum Gasteiger partial charge on any atom is 0.245 e. The van der Waals surface area contributed by atoms with Crippen molar-refractivity contribution in [2.45, 2.75) is 39.0 Å². The minimum atomic E-state index is 0.000690. The molecule has 100 valence electrons. The van der Waals surface area contributed by atoms with Crippen LogP contribution in [-0.4, -0.2) is 32.2 Å². The second-order valence-corrected chi connectivity index (χ2v) is 4.91. The molecule has 4 nitrogen and oxygen atoms in total. The molecule has 17 heavy (non-hydrogen) atoms. The van der Waals surface area contributed by atoms with Gasteiger partial charge < -0.3 is 15.8 Å². The van der Waals surface area contributed by atoms with Gasteiger partial charge in [0.05, 0.1) is 6.61 Å². The van der Waals surface area contributed by atoms with Crippen LogP contribution in [0.1, 0.15) is 39.0 Å². The van der Waals surface area contributed by atoms with Gasteiger partial charge in [-0.15, -0.1) is 0 Å². The van der Waals surface area contributed by atoms with Crippen molar-refractivity contribution in [1.29, 1.82) is 0 Å². The molecule has 0 aliphatic heterocycles. The maximum absolute atomic E-state index is 11.4. The third-order valence-electron chi connectivity index (χ3n) is 3.54. The Bertz CT molecular complexity index is 221. The van der Waals surface area contributed by atoms with Gasteiger partial charge in [0.25, 0.3) is 0 Å². The summed E-state index contributed by atoms with van der Waals surface area (Å²) in [6.45, 7) is 4.49. The Morgan fingerprint density at radius 2 is 2.18 bits per heavy atom. The summed E-state index contributed by atoms with van der Waals surface area (Å²) in [5, 5.41) is 2.85. The third kappa shape index (κ3) is 5.50. The molecule has 0 aromatic carbocycles. The Balaban J connectivity index is 2.04. The number of ether oxygens (including phenoxy) is 1. The Labute approximate surface area is 104 Å². The molecule has 0 aromatic heterocycles. The van der Waals surface area contributed by atoms with Crippen molar-refractivity contribution in [1.82, 2.24) is 5.32 Å². The Morgan fingerprint density at radius 1 is 1.41 bits per heavy atom. The molecular weight excluding hydrogens is 216 g/mol. The van der Waals surface area contributed by atoms with Crippen molar-refractivity contribution in [3.05, 3.63) is 0 Å². The predicted octanol–water partition coefficient (Wildman–Crippen LogP) is 1.29. The van der Waals surface area contributed by atoms with Crippen LogP contribution in [0, 0.1) is 11.8 Å². The molecule has 1 saturated carbocycles. The lowest BCUT2D eigenvalue weighted by Crippen LogP contribution is -2.30. The van der Waals surface area contributed by atoms with Gasteiger partial charge in [0.15, 0.2) is 0 Å². The number of amides is 1. The number of hydrogen-bond donors (Lipinski definition) is 2. The van der Waals surface area contributed by atoms with Gasteiger partial charge in [0, 0.05) is 6.54 Å². The SMILES string of the molecule is CCCCNC(=O)COCC1CCCC1CN. The van der Waals surface area contributed by atoms with Gasteiger partial charge in [-0.2, -0.15) is 0 Å². The summed E-state index contributed by atoms with van der Waals surface area (Å²) in [5.74, 6) is 1.15. The Hall–Kier alpha value is -0.610. The fourth-order valence-corrected chi connectivity index (χ4v) is 2.40. The third-order valence-corrected chi connectivity index (χ3v) is 3.54. The fraction of sp³-hybridized carbons (Fsp3) is 0.923. The maximum atomic E-state index is 11.4. The van der Waals surface area contributed by atoms with Gasteiger partial charge in [-0.25, -0.2) is 0 Å². The van der Waals surface area contributed by atoms with Crippen LogP contribution >= 0.6 is 0 Å². The normalized spacial score (nSPS) is 23.9. The molecule has 1 rings (SSSR count). The highest BCUT2D eigenvalue weighted by Gasteiger charge is 2.26. The van der Waals surface area contributed by atoms with E-state index < -0.39 is 0 Å². The molecule has 1 aliphatic rings. The van der Waals surface area contributed by atoms with Crippen molar-refractivity contribution < 1.29 is 9.53 Å². The first-order valence-electron chi connectivity index (χ1n) is 6.82. The van der Waals surface area contributed by atoms with E-state index in [1.54, 1.807) is 0 Å². The Kier molecular flexibility index (Phi) is 7.21. The van der Waals surface area contributed by atoms with Gasteiger partial charge in [-0.3, -0.25) is 4.79 Å². The molecule has 0 radical (unpaired) electrons. The quantitative estimate of drug-likeness (QED) is 0.630. The summed E-state index contributed by atoms with van der Waals surface area (Å²) in [6.07, 6.45) is 5.79. The smallest absolute Gasteiger partial charge is 0.245 e. The van der Waals surface area contributed by atoms with Crippen LogP contribution < -0.4 is 11.1 Å². The van der Waals surface area contributed by atoms with Gasteiger partial charge >= 0.3 is 0 Å². The van der Waals surface area contributed by atoms with E-state index >= 15 is 0 Å². The number of carbonyl (C=O) groups is 1. The fourth-order valence-electron chi connectivity index (χ4n) is 2.40. The summed E-state index contributed by atoms with van der Waals surface area (Å²) in [4.78, 5) is 11.4. The second-order valence-electron chi connectivity index (χ2n) is 4.91. The number of hydrogen-bond acceptors (Lipinski definition) is 3. The summed E-state index contributed by atoms with van der Waals surface area (Å²) >= 11 is 0. The minimum Gasteiger partial charge on any atom is -0.371 e. The number of unbranched alkanes of at least 4 members (excludes halogenated alkanes) is 1. The number of rotatable bonds is 8. The Morgan fingerprint density at radius 3 is 2.88 bits per heavy atom. The van der Waals surface area contributed by atoms with Crippen LogP contribution in [0.15, 0.2) is 0 Å². The first-order chi connectivity index (χ1) is 8.27. The molecule has 2 unspecified atom stereocenters. The van der Waals surface area contributed by atoms with E-state index in [0.29, 0.717) is 18.4 Å². The van der Waals surface area contributed by atoms with Gasteiger partial charge in [-0.1, -0.05) is 19.8 Å². The van der Waals surface area contributed by atoms with Gasteiger partial charge in [0.1, 0.15) is 6.61 Å². The molecular formula is C13H26N2O2. The lowest BCUT2D eigenvalue weighted by atomic mass is 9.97. The zero-order valence-electron chi connectivity index (χ0n) is 10.9. The van der Waals surface area contributed by atoms with E-state index in [0.717, 1.165) is 25.9 Å². The predicted molar refractivity (Wildman–Crippen MR) is 68.6 cm³/mol. The molecule has 1 fully saturated rings. The van der Waals surface area contributed by atoms with Crippen LogP contribution in [0.25, 0.3) is 0 Å².